The van der Waals surface area contributed by atoms with Crippen LogP contribution in [0.1, 0.15) is 5.56 Å². The van der Waals surface area contributed by atoms with E-state index in [1.54, 1.807) is 24.3 Å². The number of hydrogen-bond acceptors (Lipinski definition) is 3. The lowest BCUT2D eigenvalue weighted by Crippen LogP contribution is -2.37. The van der Waals surface area contributed by atoms with Gasteiger partial charge >= 0.3 is 5.97 Å². The van der Waals surface area contributed by atoms with E-state index in [-0.39, 0.29) is 17.9 Å². The van der Waals surface area contributed by atoms with Crippen LogP contribution in [0, 0.1) is 0 Å². The number of benzene rings is 1. The van der Waals surface area contributed by atoms with Crippen molar-refractivity contribution in [2.24, 2.45) is 0 Å². The third kappa shape index (κ3) is 3.00. The molecule has 1 aromatic carbocycles. The molecule has 1 aliphatic carbocycles. The van der Waals surface area contributed by atoms with Crippen molar-refractivity contribution in [3.63, 3.8) is 0 Å². The molecule has 0 bridgehead atoms. The third-order valence-corrected chi connectivity index (χ3v) is 3.31. The predicted octanol–water partition coefficient (Wildman–Crippen LogP) is 2.38. The van der Waals surface area contributed by atoms with Crippen molar-refractivity contribution < 1.29 is 24.1 Å². The summed E-state index contributed by atoms with van der Waals surface area (Å²) in [5, 5.41) is 16.9. The van der Waals surface area contributed by atoms with Gasteiger partial charge in [-0.05, 0) is 17.7 Å². The van der Waals surface area contributed by atoms with E-state index >= 15 is 0 Å². The number of hydrogen-bond donors (Lipinski definition) is 2. The van der Waals surface area contributed by atoms with Gasteiger partial charge in [-0.3, -0.25) is 0 Å². The molecule has 0 saturated carbocycles. The summed E-state index contributed by atoms with van der Waals surface area (Å²) in [7, 11) is 0. The second kappa shape index (κ2) is 5.64. The summed E-state index contributed by atoms with van der Waals surface area (Å²) in [6.07, 6.45) is 1.64. The van der Waals surface area contributed by atoms with Gasteiger partial charge in [0.1, 0.15) is 12.4 Å². The Hall–Kier alpha value is -1.85. The van der Waals surface area contributed by atoms with Gasteiger partial charge in [-0.2, -0.15) is 0 Å². The number of aliphatic hydroxyl groups is 1. The van der Waals surface area contributed by atoms with Crippen molar-refractivity contribution in [3.8, 4) is 0 Å². The summed E-state index contributed by atoms with van der Waals surface area (Å²) < 4.78 is 19.0. The number of carboxylic acid groups (broad SMARTS) is 1. The highest BCUT2D eigenvalue weighted by Gasteiger charge is 2.42. The summed E-state index contributed by atoms with van der Waals surface area (Å²) in [4.78, 5) is 11.1. The highest BCUT2D eigenvalue weighted by atomic mass is 35.5. The number of halogens is 2. The molecule has 0 fully saturated rings. The number of ether oxygens (including phenoxy) is 1. The number of carbonyl (C=O) groups is 1. The van der Waals surface area contributed by atoms with Crippen molar-refractivity contribution in [2.45, 2.75) is 17.8 Å². The van der Waals surface area contributed by atoms with Gasteiger partial charge in [0.05, 0.1) is 5.57 Å². The fourth-order valence-corrected chi connectivity index (χ4v) is 2.00. The van der Waals surface area contributed by atoms with Crippen LogP contribution in [0.3, 0.4) is 0 Å². The highest BCUT2D eigenvalue weighted by Crippen LogP contribution is 2.34. The zero-order chi connectivity index (χ0) is 14.8. The van der Waals surface area contributed by atoms with Crippen molar-refractivity contribution in [1.29, 1.82) is 0 Å². The lowest BCUT2D eigenvalue weighted by atomic mass is 10.0. The van der Waals surface area contributed by atoms with Crippen LogP contribution in [0.25, 0.3) is 0 Å². The fraction of sp³-hybridized carbons (Fsp3) is 0.214. The van der Waals surface area contributed by atoms with Crippen molar-refractivity contribution in [2.75, 3.05) is 0 Å². The first-order valence-electron chi connectivity index (χ1n) is 5.80. The Morgan fingerprint density at radius 1 is 1.40 bits per heavy atom. The van der Waals surface area contributed by atoms with Crippen LogP contribution in [-0.4, -0.2) is 27.4 Å². The first-order valence-corrected chi connectivity index (χ1v) is 6.24. The summed E-state index contributed by atoms with van der Waals surface area (Å²) in [6.45, 7) is 0.0279. The number of rotatable bonds is 4. The van der Waals surface area contributed by atoms with Crippen LogP contribution >= 0.6 is 11.6 Å². The van der Waals surface area contributed by atoms with E-state index in [0.29, 0.717) is 6.08 Å². The quantitative estimate of drug-likeness (QED) is 0.838. The molecule has 2 rings (SSSR count). The monoisotopic (exact) mass is 298 g/mol. The molecule has 0 spiro atoms. The second-order valence-corrected chi connectivity index (χ2v) is 4.72. The molecule has 2 N–H and O–H groups in total. The van der Waals surface area contributed by atoms with Gasteiger partial charge in [-0.1, -0.05) is 30.3 Å². The van der Waals surface area contributed by atoms with Gasteiger partial charge in [0.2, 0.25) is 5.85 Å². The van der Waals surface area contributed by atoms with Crippen LogP contribution < -0.4 is 0 Å². The maximum absolute atomic E-state index is 13.7. The normalized spacial score (nSPS) is 25.6. The molecule has 0 heterocycles. The highest BCUT2D eigenvalue weighted by molar-refractivity contribution is 6.23. The topological polar surface area (TPSA) is 66.8 Å². The van der Waals surface area contributed by atoms with Gasteiger partial charge in [-0.15, -0.1) is 11.6 Å². The van der Waals surface area contributed by atoms with Crippen LogP contribution in [0.15, 0.2) is 53.8 Å². The number of aliphatic carboxylic acids is 1. The molecule has 0 radical (unpaired) electrons. The molecule has 6 heteroatoms. The Labute approximate surface area is 119 Å². The largest absolute Gasteiger partial charge is 0.491 e. The third-order valence-electron chi connectivity index (χ3n) is 2.80. The molecule has 2 unspecified atom stereocenters. The molecule has 0 aromatic heterocycles. The summed E-state index contributed by atoms with van der Waals surface area (Å²) in [6, 6.07) is 8.93. The maximum atomic E-state index is 13.7. The van der Waals surface area contributed by atoms with Crippen molar-refractivity contribution in [1.82, 2.24) is 0 Å². The Kier molecular flexibility index (Phi) is 4.11. The van der Waals surface area contributed by atoms with Gasteiger partial charge < -0.3 is 14.9 Å². The number of alkyl halides is 2. The lowest BCUT2D eigenvalue weighted by Gasteiger charge is -2.27. The molecule has 20 heavy (non-hydrogen) atoms. The van der Waals surface area contributed by atoms with Gasteiger partial charge in [0.15, 0.2) is 5.38 Å². The zero-order valence-electron chi connectivity index (χ0n) is 10.3. The summed E-state index contributed by atoms with van der Waals surface area (Å²) in [5.74, 6) is -4.44. The molecule has 0 saturated heterocycles. The first-order chi connectivity index (χ1) is 9.42. The van der Waals surface area contributed by atoms with E-state index in [9.17, 15) is 14.3 Å². The Morgan fingerprint density at radius 3 is 2.65 bits per heavy atom. The van der Waals surface area contributed by atoms with Gasteiger partial charge in [0.25, 0.3) is 0 Å². The van der Waals surface area contributed by atoms with Crippen LogP contribution in [0.5, 0.6) is 0 Å². The Morgan fingerprint density at radius 2 is 2.05 bits per heavy atom. The molecule has 1 aliphatic rings. The average molecular weight is 299 g/mol. The molecule has 2 atom stereocenters. The van der Waals surface area contributed by atoms with E-state index in [4.69, 9.17) is 21.4 Å². The lowest BCUT2D eigenvalue weighted by molar-refractivity contribution is -0.132. The van der Waals surface area contributed by atoms with Crippen LogP contribution in [0.4, 0.5) is 4.39 Å². The van der Waals surface area contributed by atoms with E-state index < -0.39 is 17.2 Å². The molecular weight excluding hydrogens is 287 g/mol. The zero-order valence-corrected chi connectivity index (χ0v) is 11.0. The minimum Gasteiger partial charge on any atom is -0.491 e. The molecule has 1 aromatic rings. The van der Waals surface area contributed by atoms with Gasteiger partial charge in [0, 0.05) is 0 Å². The minimum absolute atomic E-state index is 0.0279. The van der Waals surface area contributed by atoms with Gasteiger partial charge in [-0.25, -0.2) is 9.18 Å². The Balaban J connectivity index is 2.24. The standard InChI is InChI=1S/C14H12ClFO4/c15-12-11(20-8-9-4-2-1-3-5-9)10(13(17)18)6-7-14(12,16)19/h1-7,12,19H,8H2,(H,17,18). The predicted molar refractivity (Wildman–Crippen MR) is 70.7 cm³/mol. The second-order valence-electron chi connectivity index (χ2n) is 4.28. The average Bonchev–Trinajstić information content (AvgIpc) is 2.41. The van der Waals surface area contributed by atoms with Crippen LogP contribution in [0.2, 0.25) is 0 Å². The van der Waals surface area contributed by atoms with E-state index in [1.165, 1.54) is 0 Å². The maximum Gasteiger partial charge on any atom is 0.339 e. The minimum atomic E-state index is -2.84. The number of carboxylic acids is 1. The molecular formula is C14H12ClFO4. The van der Waals surface area contributed by atoms with Crippen LogP contribution in [-0.2, 0) is 16.1 Å². The smallest absolute Gasteiger partial charge is 0.339 e. The first kappa shape index (κ1) is 14.6. The molecule has 0 aliphatic heterocycles. The SMILES string of the molecule is O=C(O)C1=C(OCc2ccccc2)C(Cl)C(O)(F)C=C1. The molecule has 106 valence electrons. The van der Waals surface area contributed by atoms with E-state index in [0.717, 1.165) is 11.6 Å². The molecule has 4 nitrogen and oxygen atoms in total. The van der Waals surface area contributed by atoms with E-state index in [2.05, 4.69) is 0 Å². The van der Waals surface area contributed by atoms with Crippen molar-refractivity contribution in [3.05, 3.63) is 59.4 Å². The summed E-state index contributed by atoms with van der Waals surface area (Å²) >= 11 is 5.76. The van der Waals surface area contributed by atoms with E-state index in [1.807, 2.05) is 6.07 Å². The Bertz CT molecular complexity index is 566. The van der Waals surface area contributed by atoms with Crippen molar-refractivity contribution >= 4 is 17.6 Å². The molecule has 0 amide bonds. The fourth-order valence-electron chi connectivity index (χ4n) is 1.75. The summed E-state index contributed by atoms with van der Waals surface area (Å²) in [5.41, 5.74) is 0.494.